The summed E-state index contributed by atoms with van der Waals surface area (Å²) >= 11 is 1.86. The fraction of sp³-hybridized carbons (Fsp3) is 0. The highest BCUT2D eigenvalue weighted by Gasteiger charge is 2.22. The first-order valence-electron chi connectivity index (χ1n) is 17.3. The third-order valence-corrected chi connectivity index (χ3v) is 11.1. The lowest BCUT2D eigenvalue weighted by Gasteiger charge is -2.27. The van der Waals surface area contributed by atoms with Gasteiger partial charge < -0.3 is 9.32 Å². The van der Waals surface area contributed by atoms with E-state index in [4.69, 9.17) is 4.42 Å². The maximum Gasteiger partial charge on any atom is 0.137 e. The Morgan fingerprint density at radius 2 is 1.00 bits per heavy atom. The first kappa shape index (κ1) is 29.5. The van der Waals surface area contributed by atoms with Crippen molar-refractivity contribution in [2.75, 3.05) is 4.90 Å². The Balaban J connectivity index is 1.17. The zero-order chi connectivity index (χ0) is 33.7. The molecule has 2 heterocycles. The summed E-state index contributed by atoms with van der Waals surface area (Å²) in [7, 11) is 0. The fourth-order valence-corrected chi connectivity index (χ4v) is 8.67. The van der Waals surface area contributed by atoms with Gasteiger partial charge in [-0.2, -0.15) is 0 Å². The van der Waals surface area contributed by atoms with Crippen molar-refractivity contribution in [3.8, 4) is 33.4 Å². The van der Waals surface area contributed by atoms with Crippen LogP contribution in [0.5, 0.6) is 0 Å². The molecule has 0 atom stereocenters. The molecule has 0 spiro atoms. The van der Waals surface area contributed by atoms with Crippen molar-refractivity contribution in [1.82, 2.24) is 0 Å². The SMILES string of the molecule is c1ccc(-c2cccc(-c3ccc(N(c4ccc5c(c4)oc4ccccc45)c4ccc(-c5ccccc5)c5c4sc4ccccc45)cc3)c2)cc1. The minimum atomic E-state index is 0.876. The van der Waals surface area contributed by atoms with Gasteiger partial charge in [0, 0.05) is 43.7 Å². The molecule has 0 amide bonds. The number of furan rings is 1. The minimum Gasteiger partial charge on any atom is -0.456 e. The van der Waals surface area contributed by atoms with Gasteiger partial charge in [0.15, 0.2) is 0 Å². The van der Waals surface area contributed by atoms with Gasteiger partial charge in [0.25, 0.3) is 0 Å². The Kier molecular flexibility index (Phi) is 7.04. The van der Waals surface area contributed by atoms with Crippen LogP contribution >= 0.6 is 11.3 Å². The molecule has 0 unspecified atom stereocenters. The molecular weight excluding hydrogens is 639 g/mol. The summed E-state index contributed by atoms with van der Waals surface area (Å²) in [6, 6.07) is 67.3. The second kappa shape index (κ2) is 12.2. The van der Waals surface area contributed by atoms with E-state index < -0.39 is 0 Å². The lowest BCUT2D eigenvalue weighted by atomic mass is 9.97. The molecule has 0 N–H and O–H groups in total. The van der Waals surface area contributed by atoms with E-state index in [1.807, 2.05) is 23.5 Å². The van der Waals surface area contributed by atoms with Crippen LogP contribution < -0.4 is 4.90 Å². The van der Waals surface area contributed by atoms with Crippen LogP contribution in [0.1, 0.15) is 0 Å². The average molecular weight is 670 g/mol. The summed E-state index contributed by atoms with van der Waals surface area (Å²) in [5.41, 5.74) is 12.3. The normalized spacial score (nSPS) is 11.5. The van der Waals surface area contributed by atoms with Gasteiger partial charge in [-0.25, -0.2) is 0 Å². The van der Waals surface area contributed by atoms with E-state index in [1.165, 1.54) is 53.6 Å². The summed E-state index contributed by atoms with van der Waals surface area (Å²) in [6.45, 7) is 0. The predicted octanol–water partition coefficient (Wildman–Crippen LogP) is 14.4. The number of nitrogens with zero attached hydrogens (tertiary/aromatic N) is 1. The van der Waals surface area contributed by atoms with Gasteiger partial charge >= 0.3 is 0 Å². The summed E-state index contributed by atoms with van der Waals surface area (Å²) in [4.78, 5) is 2.39. The Bertz CT molecular complexity index is 2850. The van der Waals surface area contributed by atoms with Gasteiger partial charge in [-0.15, -0.1) is 11.3 Å². The summed E-state index contributed by atoms with van der Waals surface area (Å²) in [5, 5.41) is 4.81. The fourth-order valence-electron chi connectivity index (χ4n) is 7.44. The van der Waals surface area contributed by atoms with E-state index in [0.717, 1.165) is 39.0 Å². The van der Waals surface area contributed by atoms with Crippen LogP contribution in [-0.2, 0) is 0 Å². The van der Waals surface area contributed by atoms with Crippen LogP contribution in [0.25, 0.3) is 75.5 Å². The highest BCUT2D eigenvalue weighted by atomic mass is 32.1. The molecule has 2 aromatic heterocycles. The zero-order valence-corrected chi connectivity index (χ0v) is 28.5. The summed E-state index contributed by atoms with van der Waals surface area (Å²) < 4.78 is 8.96. The Morgan fingerprint density at radius 1 is 0.392 bits per heavy atom. The van der Waals surface area contributed by atoms with Crippen molar-refractivity contribution in [3.05, 3.63) is 188 Å². The topological polar surface area (TPSA) is 16.4 Å². The molecule has 0 aliphatic rings. The van der Waals surface area contributed by atoms with E-state index >= 15 is 0 Å². The van der Waals surface area contributed by atoms with Crippen LogP contribution in [0.2, 0.25) is 0 Å². The lowest BCUT2D eigenvalue weighted by Crippen LogP contribution is -2.10. The van der Waals surface area contributed by atoms with Gasteiger partial charge in [0.2, 0.25) is 0 Å². The lowest BCUT2D eigenvalue weighted by molar-refractivity contribution is 0.669. The van der Waals surface area contributed by atoms with Crippen molar-refractivity contribution in [1.29, 1.82) is 0 Å². The van der Waals surface area contributed by atoms with Crippen molar-refractivity contribution in [3.63, 3.8) is 0 Å². The molecular formula is C48H31NOS. The standard InChI is InChI=1S/C48H31NOS/c1-3-12-32(13-4-1)35-16-11-17-36(30-35)33-22-24-37(25-23-33)49(38-26-27-41-40-18-7-9-20-44(40)50-45(41)31-38)43-29-28-39(34-14-5-2-6-15-34)47-42-19-8-10-21-46(42)51-48(43)47/h1-31H. The summed E-state index contributed by atoms with van der Waals surface area (Å²) in [5.74, 6) is 0. The average Bonchev–Trinajstić information content (AvgIpc) is 3.78. The molecule has 0 aliphatic heterocycles. The van der Waals surface area contributed by atoms with Crippen LogP contribution in [0.15, 0.2) is 192 Å². The smallest absolute Gasteiger partial charge is 0.137 e. The first-order chi connectivity index (χ1) is 25.3. The van der Waals surface area contributed by atoms with Crippen LogP contribution in [-0.4, -0.2) is 0 Å². The number of hydrogen-bond acceptors (Lipinski definition) is 3. The number of anilines is 3. The minimum absolute atomic E-state index is 0.876. The van der Waals surface area contributed by atoms with E-state index in [9.17, 15) is 0 Å². The number of benzene rings is 8. The van der Waals surface area contributed by atoms with E-state index in [-0.39, 0.29) is 0 Å². The van der Waals surface area contributed by atoms with Crippen LogP contribution in [0, 0.1) is 0 Å². The molecule has 0 fully saturated rings. The quantitative estimate of drug-likeness (QED) is 0.175. The van der Waals surface area contributed by atoms with Crippen molar-refractivity contribution in [2.24, 2.45) is 0 Å². The second-order valence-electron chi connectivity index (χ2n) is 12.9. The van der Waals surface area contributed by atoms with E-state index in [0.29, 0.717) is 0 Å². The molecule has 2 nitrogen and oxygen atoms in total. The molecule has 8 aromatic carbocycles. The Morgan fingerprint density at radius 3 is 1.78 bits per heavy atom. The highest BCUT2D eigenvalue weighted by molar-refractivity contribution is 7.26. The monoisotopic (exact) mass is 669 g/mol. The number of fused-ring (bicyclic) bond motifs is 6. The van der Waals surface area contributed by atoms with Crippen molar-refractivity contribution < 1.29 is 4.42 Å². The second-order valence-corrected chi connectivity index (χ2v) is 14.0. The number of para-hydroxylation sites is 1. The molecule has 0 radical (unpaired) electrons. The molecule has 0 aliphatic carbocycles. The maximum atomic E-state index is 6.43. The molecule has 240 valence electrons. The number of hydrogen-bond donors (Lipinski definition) is 0. The number of thiophene rings is 1. The summed E-state index contributed by atoms with van der Waals surface area (Å²) in [6.07, 6.45) is 0. The molecule has 0 bridgehead atoms. The van der Waals surface area contributed by atoms with Gasteiger partial charge in [-0.05, 0) is 81.9 Å². The van der Waals surface area contributed by atoms with Crippen LogP contribution in [0.3, 0.4) is 0 Å². The number of rotatable bonds is 6. The van der Waals surface area contributed by atoms with Gasteiger partial charge in [-0.3, -0.25) is 0 Å². The van der Waals surface area contributed by atoms with E-state index in [1.54, 1.807) is 0 Å². The highest BCUT2D eigenvalue weighted by Crippen LogP contribution is 2.49. The Labute approximate surface area is 300 Å². The van der Waals surface area contributed by atoms with Crippen molar-refractivity contribution in [2.45, 2.75) is 0 Å². The maximum absolute atomic E-state index is 6.43. The third-order valence-electron chi connectivity index (χ3n) is 9.88. The molecule has 3 heteroatoms. The molecule has 10 aromatic rings. The molecule has 0 saturated heterocycles. The molecule has 10 rings (SSSR count). The predicted molar refractivity (Wildman–Crippen MR) is 218 cm³/mol. The Hall–Kier alpha value is -6.42. The van der Waals surface area contributed by atoms with Crippen molar-refractivity contribution >= 4 is 70.5 Å². The molecule has 51 heavy (non-hydrogen) atoms. The molecule has 0 saturated carbocycles. The first-order valence-corrected chi connectivity index (χ1v) is 18.1. The third kappa shape index (κ3) is 5.10. The van der Waals surface area contributed by atoms with Gasteiger partial charge in [0.1, 0.15) is 11.2 Å². The largest absolute Gasteiger partial charge is 0.456 e. The van der Waals surface area contributed by atoms with E-state index in [2.05, 4.69) is 181 Å². The zero-order valence-electron chi connectivity index (χ0n) is 27.7. The van der Waals surface area contributed by atoms with Crippen LogP contribution in [0.4, 0.5) is 17.1 Å². The van der Waals surface area contributed by atoms with Gasteiger partial charge in [0.05, 0.1) is 10.4 Å². The van der Waals surface area contributed by atoms with Gasteiger partial charge in [-0.1, -0.05) is 133 Å².